The van der Waals surface area contributed by atoms with E-state index in [0.29, 0.717) is 15.7 Å². The summed E-state index contributed by atoms with van der Waals surface area (Å²) < 4.78 is 0. The molecule has 1 aromatic rings. The Morgan fingerprint density at radius 2 is 2.05 bits per heavy atom. The molecule has 2 aliphatic rings. The van der Waals surface area contributed by atoms with E-state index < -0.39 is 0 Å². The lowest BCUT2D eigenvalue weighted by Gasteiger charge is -2.40. The van der Waals surface area contributed by atoms with Crippen LogP contribution in [0.3, 0.4) is 0 Å². The Morgan fingerprint density at radius 1 is 1.23 bits per heavy atom. The highest BCUT2D eigenvalue weighted by atomic mass is 35.5. The van der Waals surface area contributed by atoms with Crippen LogP contribution in [0.4, 0.5) is 10.5 Å². The molecule has 4 nitrogen and oxygen atoms in total. The number of hydrogen-bond acceptors (Lipinski definition) is 2. The monoisotopic (exact) mass is 341 g/mol. The molecule has 0 aliphatic carbocycles. The fourth-order valence-electron chi connectivity index (χ4n) is 3.66. The summed E-state index contributed by atoms with van der Waals surface area (Å²) in [5, 5.41) is 3.96. The molecule has 0 radical (unpaired) electrons. The Bertz CT molecular complexity index is 577. The zero-order chi connectivity index (χ0) is 15.7. The highest BCUT2D eigenvalue weighted by Crippen LogP contribution is 2.38. The van der Waals surface area contributed by atoms with Gasteiger partial charge in [0.2, 0.25) is 0 Å². The number of rotatable bonds is 1. The van der Waals surface area contributed by atoms with Crippen LogP contribution in [0.15, 0.2) is 18.2 Å². The highest BCUT2D eigenvalue weighted by Gasteiger charge is 2.41. The summed E-state index contributed by atoms with van der Waals surface area (Å²) in [6.07, 6.45) is 3.44. The summed E-state index contributed by atoms with van der Waals surface area (Å²) in [6.45, 7) is 3.82. The van der Waals surface area contributed by atoms with E-state index in [0.717, 1.165) is 32.6 Å². The van der Waals surface area contributed by atoms with E-state index in [1.165, 1.54) is 12.8 Å². The zero-order valence-corrected chi connectivity index (χ0v) is 14.3. The molecule has 2 amide bonds. The molecule has 0 unspecified atom stereocenters. The molecule has 0 bridgehead atoms. The van der Waals surface area contributed by atoms with Crippen molar-refractivity contribution >= 4 is 34.9 Å². The first-order chi connectivity index (χ1) is 10.5. The molecule has 0 saturated carbocycles. The van der Waals surface area contributed by atoms with E-state index in [-0.39, 0.29) is 11.4 Å². The van der Waals surface area contributed by atoms with Crippen molar-refractivity contribution in [2.24, 2.45) is 5.41 Å². The lowest BCUT2D eigenvalue weighted by Crippen LogP contribution is -2.48. The standard InChI is InChI=1S/C16H21Cl2N3O/c1-20-8-6-16(10-20)5-2-7-21(11-16)15(22)19-14-9-12(17)3-4-13(14)18/h3-4,9H,2,5-8,10-11H2,1H3,(H,19,22)/t16-/m1/s1. The van der Waals surface area contributed by atoms with Crippen molar-refractivity contribution in [3.05, 3.63) is 28.2 Å². The number of benzene rings is 1. The van der Waals surface area contributed by atoms with Crippen molar-refractivity contribution in [1.29, 1.82) is 0 Å². The maximum Gasteiger partial charge on any atom is 0.321 e. The van der Waals surface area contributed by atoms with Crippen LogP contribution in [-0.4, -0.2) is 49.1 Å². The summed E-state index contributed by atoms with van der Waals surface area (Å²) in [7, 11) is 2.15. The molecule has 1 aromatic carbocycles. The third-order valence-electron chi connectivity index (χ3n) is 4.75. The van der Waals surface area contributed by atoms with Crippen LogP contribution in [0.5, 0.6) is 0 Å². The Balaban J connectivity index is 1.68. The predicted molar refractivity (Wildman–Crippen MR) is 90.8 cm³/mol. The topological polar surface area (TPSA) is 35.6 Å². The van der Waals surface area contributed by atoms with Crippen LogP contribution in [-0.2, 0) is 0 Å². The van der Waals surface area contributed by atoms with Crippen LogP contribution >= 0.6 is 23.2 Å². The fourth-order valence-corrected chi connectivity index (χ4v) is 4.00. The van der Waals surface area contributed by atoms with Gasteiger partial charge in [-0.2, -0.15) is 0 Å². The van der Waals surface area contributed by atoms with Gasteiger partial charge in [-0.1, -0.05) is 23.2 Å². The van der Waals surface area contributed by atoms with Crippen LogP contribution in [0.2, 0.25) is 10.0 Å². The molecule has 2 aliphatic heterocycles. The van der Waals surface area contributed by atoms with Crippen LogP contribution in [0.1, 0.15) is 19.3 Å². The molecular weight excluding hydrogens is 321 g/mol. The molecule has 0 aromatic heterocycles. The molecule has 2 heterocycles. The van der Waals surface area contributed by atoms with Gasteiger partial charge in [0.1, 0.15) is 0 Å². The minimum absolute atomic E-state index is 0.0854. The first kappa shape index (κ1) is 15.9. The second-order valence-electron chi connectivity index (χ2n) is 6.57. The summed E-state index contributed by atoms with van der Waals surface area (Å²) in [5.41, 5.74) is 0.838. The van der Waals surface area contributed by atoms with Gasteiger partial charge in [-0.05, 0) is 51.1 Å². The van der Waals surface area contributed by atoms with E-state index in [2.05, 4.69) is 17.3 Å². The molecule has 2 saturated heterocycles. The minimum atomic E-state index is -0.0854. The van der Waals surface area contributed by atoms with Gasteiger partial charge in [0.15, 0.2) is 0 Å². The van der Waals surface area contributed by atoms with E-state index in [1.807, 2.05) is 4.90 Å². The van der Waals surface area contributed by atoms with Crippen molar-refractivity contribution < 1.29 is 4.79 Å². The van der Waals surface area contributed by atoms with Crippen molar-refractivity contribution in [3.63, 3.8) is 0 Å². The van der Waals surface area contributed by atoms with E-state index in [4.69, 9.17) is 23.2 Å². The number of amides is 2. The Morgan fingerprint density at radius 3 is 2.77 bits per heavy atom. The van der Waals surface area contributed by atoms with Gasteiger partial charge in [0.05, 0.1) is 10.7 Å². The van der Waals surface area contributed by atoms with Crippen molar-refractivity contribution in [2.75, 3.05) is 38.5 Å². The van der Waals surface area contributed by atoms with Crippen molar-refractivity contribution in [1.82, 2.24) is 9.80 Å². The molecule has 1 atom stereocenters. The normalized spacial score (nSPS) is 25.7. The van der Waals surface area contributed by atoms with Crippen LogP contribution < -0.4 is 5.32 Å². The first-order valence-corrected chi connectivity index (χ1v) is 8.43. The van der Waals surface area contributed by atoms with E-state index in [1.54, 1.807) is 18.2 Å². The Labute approximate surface area is 141 Å². The second kappa shape index (κ2) is 6.26. The van der Waals surface area contributed by atoms with Crippen LogP contribution in [0, 0.1) is 5.41 Å². The number of carbonyl (C=O) groups excluding carboxylic acids is 1. The molecule has 1 N–H and O–H groups in total. The molecule has 6 heteroatoms. The number of likely N-dealkylation sites (tertiary alicyclic amines) is 2. The van der Waals surface area contributed by atoms with Crippen LogP contribution in [0.25, 0.3) is 0 Å². The predicted octanol–water partition coefficient (Wildman–Crippen LogP) is 3.94. The Kier molecular flexibility index (Phi) is 4.53. The third kappa shape index (κ3) is 3.34. The number of piperidine rings is 1. The highest BCUT2D eigenvalue weighted by molar-refractivity contribution is 6.35. The number of carbonyl (C=O) groups is 1. The summed E-state index contributed by atoms with van der Waals surface area (Å²) >= 11 is 12.1. The molecule has 22 heavy (non-hydrogen) atoms. The van der Waals surface area contributed by atoms with Gasteiger partial charge in [0, 0.05) is 30.1 Å². The van der Waals surface area contributed by atoms with Gasteiger partial charge in [-0.25, -0.2) is 4.79 Å². The number of halogens is 2. The van der Waals surface area contributed by atoms with Gasteiger partial charge in [-0.3, -0.25) is 0 Å². The SMILES string of the molecule is CN1CC[C@]2(CCCN(C(=O)Nc3cc(Cl)ccc3Cl)C2)C1. The number of urea groups is 1. The lowest BCUT2D eigenvalue weighted by molar-refractivity contribution is 0.117. The number of hydrogen-bond donors (Lipinski definition) is 1. The third-order valence-corrected chi connectivity index (χ3v) is 5.31. The maximum atomic E-state index is 12.6. The average molecular weight is 342 g/mol. The number of anilines is 1. The largest absolute Gasteiger partial charge is 0.324 e. The lowest BCUT2D eigenvalue weighted by atomic mass is 9.79. The quantitative estimate of drug-likeness (QED) is 0.839. The second-order valence-corrected chi connectivity index (χ2v) is 7.41. The summed E-state index contributed by atoms with van der Waals surface area (Å²) in [5.74, 6) is 0. The first-order valence-electron chi connectivity index (χ1n) is 7.67. The molecular formula is C16H21Cl2N3O. The average Bonchev–Trinajstić information content (AvgIpc) is 2.83. The van der Waals surface area contributed by atoms with Gasteiger partial charge >= 0.3 is 6.03 Å². The summed E-state index contributed by atoms with van der Waals surface area (Å²) in [4.78, 5) is 16.8. The van der Waals surface area contributed by atoms with Gasteiger partial charge < -0.3 is 15.1 Å². The maximum absolute atomic E-state index is 12.6. The van der Waals surface area contributed by atoms with Gasteiger partial charge in [-0.15, -0.1) is 0 Å². The molecule has 1 spiro atoms. The molecule has 2 fully saturated rings. The molecule has 120 valence electrons. The number of nitrogens with zero attached hydrogens (tertiary/aromatic N) is 2. The zero-order valence-electron chi connectivity index (χ0n) is 12.7. The van der Waals surface area contributed by atoms with Crippen molar-refractivity contribution in [3.8, 4) is 0 Å². The smallest absolute Gasteiger partial charge is 0.321 e. The van der Waals surface area contributed by atoms with Gasteiger partial charge in [0.25, 0.3) is 0 Å². The summed E-state index contributed by atoms with van der Waals surface area (Å²) in [6, 6.07) is 5.01. The van der Waals surface area contributed by atoms with E-state index >= 15 is 0 Å². The minimum Gasteiger partial charge on any atom is -0.324 e. The fraction of sp³-hybridized carbons (Fsp3) is 0.562. The number of nitrogens with one attached hydrogen (secondary N) is 1. The molecule has 3 rings (SSSR count). The van der Waals surface area contributed by atoms with Crippen molar-refractivity contribution in [2.45, 2.75) is 19.3 Å². The Hall–Kier alpha value is -0.970. The van der Waals surface area contributed by atoms with E-state index in [9.17, 15) is 4.79 Å².